The molecule has 1 aromatic heterocycles. The monoisotopic (exact) mass is 427 g/mol. The number of aryl methyl sites for hydroxylation is 1. The molecule has 0 atom stereocenters. The van der Waals surface area contributed by atoms with Gasteiger partial charge in [-0.05, 0) is 41.8 Å². The molecule has 0 saturated carbocycles. The maximum atomic E-state index is 12.5. The van der Waals surface area contributed by atoms with Crippen LogP contribution in [-0.2, 0) is 24.3 Å². The first kappa shape index (κ1) is 21.8. The summed E-state index contributed by atoms with van der Waals surface area (Å²) in [4.78, 5) is 4.60. The zero-order valence-electron chi connectivity index (χ0n) is 17.0. The Morgan fingerprint density at radius 3 is 2.73 bits per heavy atom. The van der Waals surface area contributed by atoms with Gasteiger partial charge in [0.25, 0.3) is 0 Å². The number of ether oxygens (including phenoxy) is 2. The zero-order chi connectivity index (χ0) is 21.5. The lowest BCUT2D eigenvalue weighted by Crippen LogP contribution is -2.07. The van der Waals surface area contributed by atoms with E-state index in [0.717, 1.165) is 39.7 Å². The number of aromatic nitrogens is 1. The largest absolute Gasteiger partial charge is 0.495 e. The average Bonchev–Trinajstić information content (AvgIpc) is 2.77. The number of anilines is 1. The Labute approximate surface area is 180 Å². The molecular weight excluding hydrogens is 405 g/mol. The van der Waals surface area contributed by atoms with Crippen molar-refractivity contribution in [3.8, 4) is 11.8 Å². The fraction of sp³-hybridized carbons (Fsp3) is 0.304. The van der Waals surface area contributed by atoms with E-state index in [9.17, 15) is 9.65 Å². The molecule has 156 valence electrons. The molecule has 1 heterocycles. The van der Waals surface area contributed by atoms with E-state index in [1.807, 2.05) is 37.3 Å². The first-order chi connectivity index (χ1) is 14.6. The Balaban J connectivity index is 2.02. The lowest BCUT2D eigenvalue weighted by Gasteiger charge is -2.17. The highest BCUT2D eigenvalue weighted by atomic mass is 35.5. The summed E-state index contributed by atoms with van der Waals surface area (Å²) in [5.41, 5.74) is 4.98. The van der Waals surface area contributed by atoms with Crippen LogP contribution in [0.3, 0.4) is 0 Å². The van der Waals surface area contributed by atoms with Crippen LogP contribution in [0.4, 0.5) is 10.1 Å². The minimum Gasteiger partial charge on any atom is -0.495 e. The average molecular weight is 428 g/mol. The van der Waals surface area contributed by atoms with Crippen molar-refractivity contribution in [3.63, 3.8) is 0 Å². The van der Waals surface area contributed by atoms with Gasteiger partial charge >= 0.3 is 0 Å². The highest BCUT2D eigenvalue weighted by molar-refractivity contribution is 6.32. The Morgan fingerprint density at radius 2 is 2.07 bits per heavy atom. The number of hydrogen-bond donors (Lipinski definition) is 1. The number of nitrogens with zero attached hydrogens (tertiary/aromatic N) is 2. The molecule has 0 fully saturated rings. The number of fused-ring (bicyclic) bond motifs is 1. The lowest BCUT2D eigenvalue weighted by molar-refractivity contribution is 0.107. The molecule has 7 heteroatoms. The second-order valence-electron chi connectivity index (χ2n) is 6.72. The summed E-state index contributed by atoms with van der Waals surface area (Å²) in [5.74, 6) is 0.612. The molecular formula is C23H23ClFN3O2. The van der Waals surface area contributed by atoms with Gasteiger partial charge in [-0.15, -0.1) is 0 Å². The molecule has 3 aromatic rings. The van der Waals surface area contributed by atoms with Gasteiger partial charge in [0.1, 0.15) is 12.4 Å². The van der Waals surface area contributed by atoms with Gasteiger partial charge in [-0.1, -0.05) is 24.6 Å². The molecule has 0 bridgehead atoms. The number of rotatable bonds is 9. The molecule has 0 aliphatic heterocycles. The number of benzene rings is 2. The minimum atomic E-state index is -0.549. The van der Waals surface area contributed by atoms with E-state index in [1.54, 1.807) is 13.3 Å². The molecule has 30 heavy (non-hydrogen) atoms. The van der Waals surface area contributed by atoms with E-state index >= 15 is 0 Å². The number of pyridine rings is 1. The highest BCUT2D eigenvalue weighted by Crippen LogP contribution is 2.31. The Bertz CT molecular complexity index is 1080. The Kier molecular flexibility index (Phi) is 7.45. The van der Waals surface area contributed by atoms with E-state index < -0.39 is 6.67 Å². The number of methoxy groups -OCH3 is 1. The summed E-state index contributed by atoms with van der Waals surface area (Å²) in [6.07, 6.45) is 2.50. The third kappa shape index (κ3) is 4.81. The van der Waals surface area contributed by atoms with E-state index in [-0.39, 0.29) is 13.2 Å². The fourth-order valence-electron chi connectivity index (χ4n) is 3.32. The maximum Gasteiger partial charge on any atom is 0.137 e. The summed E-state index contributed by atoms with van der Waals surface area (Å²) < 4.78 is 23.1. The summed E-state index contributed by atoms with van der Waals surface area (Å²) in [7, 11) is 1.57. The van der Waals surface area contributed by atoms with Crippen molar-refractivity contribution in [2.75, 3.05) is 25.7 Å². The van der Waals surface area contributed by atoms with E-state index in [0.29, 0.717) is 22.9 Å². The van der Waals surface area contributed by atoms with Crippen LogP contribution in [-0.4, -0.2) is 25.4 Å². The van der Waals surface area contributed by atoms with Crippen LogP contribution in [0, 0.1) is 11.3 Å². The van der Waals surface area contributed by atoms with Gasteiger partial charge < -0.3 is 14.8 Å². The number of halogens is 2. The van der Waals surface area contributed by atoms with E-state index in [1.165, 1.54) is 0 Å². The molecule has 3 rings (SSSR count). The summed E-state index contributed by atoms with van der Waals surface area (Å²) in [6.45, 7) is 2.22. The van der Waals surface area contributed by atoms with Gasteiger partial charge in [0.15, 0.2) is 0 Å². The standard InChI is InChI=1S/C23H23ClFN3O2/c1-3-17-8-16(11-26)9-19-22(17)28-13-18(14-30-7-6-25)23(19)27-12-15-4-5-21(29-2)20(24)10-15/h4-5,8-10,13H,3,6-7,12,14H2,1-2H3,(H,27,28). The molecule has 0 spiro atoms. The number of alkyl halides is 1. The van der Waals surface area contributed by atoms with Crippen molar-refractivity contribution in [2.24, 2.45) is 0 Å². The second-order valence-corrected chi connectivity index (χ2v) is 7.13. The lowest BCUT2D eigenvalue weighted by atomic mass is 10.0. The van der Waals surface area contributed by atoms with Crippen LogP contribution in [0.15, 0.2) is 36.5 Å². The van der Waals surface area contributed by atoms with Crippen molar-refractivity contribution >= 4 is 28.2 Å². The van der Waals surface area contributed by atoms with Crippen LogP contribution in [0.5, 0.6) is 5.75 Å². The van der Waals surface area contributed by atoms with E-state index in [2.05, 4.69) is 16.4 Å². The SMILES string of the molecule is CCc1cc(C#N)cc2c(NCc3ccc(OC)c(Cl)c3)c(COCCF)cnc12. The third-order valence-electron chi connectivity index (χ3n) is 4.80. The first-order valence-corrected chi connectivity index (χ1v) is 10.0. The van der Waals surface area contributed by atoms with Gasteiger partial charge in [0.2, 0.25) is 0 Å². The molecule has 0 saturated heterocycles. The van der Waals surface area contributed by atoms with Crippen LogP contribution in [0.1, 0.15) is 29.2 Å². The quantitative estimate of drug-likeness (QED) is 0.461. The Morgan fingerprint density at radius 1 is 1.23 bits per heavy atom. The van der Waals surface area contributed by atoms with Crippen molar-refractivity contribution in [3.05, 3.63) is 63.8 Å². The molecule has 5 nitrogen and oxygen atoms in total. The van der Waals surface area contributed by atoms with Gasteiger partial charge in [-0.25, -0.2) is 4.39 Å². The second kappa shape index (κ2) is 10.2. The molecule has 0 amide bonds. The normalized spacial score (nSPS) is 10.8. The van der Waals surface area contributed by atoms with E-state index in [4.69, 9.17) is 21.1 Å². The van der Waals surface area contributed by atoms with Crippen LogP contribution < -0.4 is 10.1 Å². The van der Waals surface area contributed by atoms with Crippen LogP contribution in [0.2, 0.25) is 5.02 Å². The number of nitriles is 1. The van der Waals surface area contributed by atoms with Crippen molar-refractivity contribution in [1.82, 2.24) is 4.98 Å². The predicted octanol–water partition coefficient (Wildman–Crippen LogP) is 5.43. The Hall–Kier alpha value is -2.88. The zero-order valence-corrected chi connectivity index (χ0v) is 17.7. The first-order valence-electron chi connectivity index (χ1n) is 9.65. The summed E-state index contributed by atoms with van der Waals surface area (Å²) in [6, 6.07) is 11.5. The molecule has 0 aliphatic carbocycles. The van der Waals surface area contributed by atoms with Gasteiger partial charge in [0, 0.05) is 23.7 Å². The minimum absolute atomic E-state index is 0.0179. The highest BCUT2D eigenvalue weighted by Gasteiger charge is 2.14. The van der Waals surface area contributed by atoms with Crippen LogP contribution >= 0.6 is 11.6 Å². The summed E-state index contributed by atoms with van der Waals surface area (Å²) in [5, 5.41) is 14.3. The van der Waals surface area contributed by atoms with Gasteiger partial charge in [0.05, 0.1) is 48.2 Å². The third-order valence-corrected chi connectivity index (χ3v) is 5.10. The topological polar surface area (TPSA) is 67.2 Å². The fourth-order valence-corrected chi connectivity index (χ4v) is 3.60. The number of nitrogens with one attached hydrogen (secondary N) is 1. The van der Waals surface area contributed by atoms with Crippen LogP contribution in [0.25, 0.3) is 10.9 Å². The van der Waals surface area contributed by atoms with Crippen molar-refractivity contribution in [1.29, 1.82) is 5.26 Å². The van der Waals surface area contributed by atoms with Crippen molar-refractivity contribution < 1.29 is 13.9 Å². The molecule has 0 unspecified atom stereocenters. The smallest absolute Gasteiger partial charge is 0.137 e. The maximum absolute atomic E-state index is 12.5. The van der Waals surface area contributed by atoms with Crippen molar-refractivity contribution in [2.45, 2.75) is 26.5 Å². The summed E-state index contributed by atoms with van der Waals surface area (Å²) >= 11 is 6.25. The molecule has 2 aromatic carbocycles. The predicted molar refractivity (Wildman–Crippen MR) is 117 cm³/mol. The molecule has 0 aliphatic rings. The molecule has 1 N–H and O–H groups in total. The van der Waals surface area contributed by atoms with Gasteiger partial charge in [-0.2, -0.15) is 5.26 Å². The molecule has 0 radical (unpaired) electrons. The number of hydrogen-bond acceptors (Lipinski definition) is 5. The van der Waals surface area contributed by atoms with Gasteiger partial charge in [-0.3, -0.25) is 4.98 Å².